The standard InChI is InChI=1S/C21H21N5O3/c1-4-26-18-10-9-16(11-17(18)23-25-26)21(27)28-12-19-22-20(24-29-19)15-7-5-14(6-8-15)13(2)3/h5-11,13H,4,12H2,1-3H3. The Bertz CT molecular complexity index is 1140. The van der Waals surface area contributed by atoms with E-state index in [-0.39, 0.29) is 12.5 Å². The van der Waals surface area contributed by atoms with Crippen LogP contribution in [-0.4, -0.2) is 31.1 Å². The maximum Gasteiger partial charge on any atom is 0.338 e. The molecule has 29 heavy (non-hydrogen) atoms. The lowest BCUT2D eigenvalue weighted by Gasteiger charge is -2.04. The normalized spacial score (nSPS) is 11.3. The quantitative estimate of drug-likeness (QED) is 0.459. The second-order valence-corrected chi connectivity index (χ2v) is 6.97. The average Bonchev–Trinajstić information content (AvgIpc) is 3.38. The van der Waals surface area contributed by atoms with Crippen LogP contribution in [0.1, 0.15) is 48.5 Å². The Hall–Kier alpha value is -3.55. The van der Waals surface area contributed by atoms with Gasteiger partial charge in [-0.25, -0.2) is 9.48 Å². The van der Waals surface area contributed by atoms with Crippen molar-refractivity contribution in [3.63, 3.8) is 0 Å². The number of esters is 1. The van der Waals surface area contributed by atoms with Gasteiger partial charge in [0.05, 0.1) is 11.1 Å². The lowest BCUT2D eigenvalue weighted by molar-refractivity contribution is 0.0430. The Morgan fingerprint density at radius 2 is 1.97 bits per heavy atom. The predicted octanol–water partition coefficient (Wildman–Crippen LogP) is 3.98. The molecule has 2 heterocycles. The largest absolute Gasteiger partial charge is 0.452 e. The van der Waals surface area contributed by atoms with Gasteiger partial charge in [-0.3, -0.25) is 0 Å². The number of ether oxygens (including phenoxy) is 1. The number of rotatable bonds is 6. The van der Waals surface area contributed by atoms with Crippen LogP contribution < -0.4 is 0 Å². The lowest BCUT2D eigenvalue weighted by Crippen LogP contribution is -2.05. The van der Waals surface area contributed by atoms with Gasteiger partial charge in [-0.2, -0.15) is 4.98 Å². The number of nitrogens with zero attached hydrogens (tertiary/aromatic N) is 5. The summed E-state index contributed by atoms with van der Waals surface area (Å²) in [6, 6.07) is 13.1. The molecule has 4 aromatic rings. The van der Waals surface area contributed by atoms with E-state index in [1.54, 1.807) is 22.9 Å². The SMILES string of the molecule is CCn1nnc2cc(C(=O)OCc3nc(-c4ccc(C(C)C)cc4)no3)ccc21. The van der Waals surface area contributed by atoms with E-state index in [1.807, 2.05) is 31.2 Å². The molecule has 8 heteroatoms. The first-order valence-electron chi connectivity index (χ1n) is 9.48. The molecule has 0 bridgehead atoms. The first-order valence-corrected chi connectivity index (χ1v) is 9.48. The van der Waals surface area contributed by atoms with Crippen molar-refractivity contribution in [1.29, 1.82) is 0 Å². The van der Waals surface area contributed by atoms with Gasteiger partial charge in [0, 0.05) is 12.1 Å². The molecule has 0 radical (unpaired) electrons. The second-order valence-electron chi connectivity index (χ2n) is 6.97. The van der Waals surface area contributed by atoms with Gasteiger partial charge in [-0.1, -0.05) is 48.5 Å². The Morgan fingerprint density at radius 1 is 1.17 bits per heavy atom. The van der Waals surface area contributed by atoms with E-state index >= 15 is 0 Å². The summed E-state index contributed by atoms with van der Waals surface area (Å²) in [5.41, 5.74) is 3.99. The molecular formula is C21H21N5O3. The number of aryl methyl sites for hydroxylation is 1. The summed E-state index contributed by atoms with van der Waals surface area (Å²) in [4.78, 5) is 16.7. The molecule has 4 rings (SSSR count). The Morgan fingerprint density at radius 3 is 2.69 bits per heavy atom. The van der Waals surface area contributed by atoms with E-state index in [0.29, 0.717) is 29.4 Å². The average molecular weight is 391 g/mol. The van der Waals surface area contributed by atoms with Crippen molar-refractivity contribution in [2.24, 2.45) is 0 Å². The molecule has 0 aliphatic rings. The number of carbonyl (C=O) groups is 1. The fourth-order valence-electron chi connectivity index (χ4n) is 2.99. The number of hydrogen-bond donors (Lipinski definition) is 0. The molecule has 0 N–H and O–H groups in total. The molecule has 0 amide bonds. The van der Waals surface area contributed by atoms with Gasteiger partial charge in [0.2, 0.25) is 5.82 Å². The third kappa shape index (κ3) is 3.87. The monoisotopic (exact) mass is 391 g/mol. The maximum atomic E-state index is 12.3. The minimum Gasteiger partial charge on any atom is -0.452 e. The molecule has 0 fully saturated rings. The highest BCUT2D eigenvalue weighted by Gasteiger charge is 2.14. The van der Waals surface area contributed by atoms with Crippen molar-refractivity contribution < 1.29 is 14.1 Å². The lowest BCUT2D eigenvalue weighted by atomic mass is 10.0. The molecule has 0 atom stereocenters. The van der Waals surface area contributed by atoms with E-state index in [4.69, 9.17) is 9.26 Å². The van der Waals surface area contributed by atoms with Crippen LogP contribution in [0.25, 0.3) is 22.4 Å². The van der Waals surface area contributed by atoms with Gasteiger partial charge in [-0.15, -0.1) is 5.10 Å². The maximum absolute atomic E-state index is 12.3. The van der Waals surface area contributed by atoms with Crippen molar-refractivity contribution in [2.45, 2.75) is 39.8 Å². The van der Waals surface area contributed by atoms with Crippen molar-refractivity contribution >= 4 is 17.0 Å². The summed E-state index contributed by atoms with van der Waals surface area (Å²) in [7, 11) is 0. The van der Waals surface area contributed by atoms with Crippen molar-refractivity contribution in [3.05, 3.63) is 59.5 Å². The van der Waals surface area contributed by atoms with E-state index in [2.05, 4.69) is 34.3 Å². The van der Waals surface area contributed by atoms with E-state index in [0.717, 1.165) is 11.1 Å². The first kappa shape index (κ1) is 18.8. The molecular weight excluding hydrogens is 370 g/mol. The van der Waals surface area contributed by atoms with Crippen molar-refractivity contribution in [3.8, 4) is 11.4 Å². The number of fused-ring (bicyclic) bond motifs is 1. The van der Waals surface area contributed by atoms with Gasteiger partial charge < -0.3 is 9.26 Å². The third-order valence-electron chi connectivity index (χ3n) is 4.68. The Kier molecular flexibility index (Phi) is 5.07. The second kappa shape index (κ2) is 7.83. The van der Waals surface area contributed by atoms with Crippen LogP contribution in [0.2, 0.25) is 0 Å². The highest BCUT2D eigenvalue weighted by molar-refractivity contribution is 5.93. The van der Waals surface area contributed by atoms with Crippen molar-refractivity contribution in [1.82, 2.24) is 25.1 Å². The topological polar surface area (TPSA) is 95.9 Å². The number of benzene rings is 2. The minimum atomic E-state index is -0.487. The van der Waals surface area contributed by atoms with Crippen LogP contribution in [0.4, 0.5) is 0 Å². The predicted molar refractivity (Wildman–Crippen MR) is 106 cm³/mol. The van der Waals surface area contributed by atoms with Crippen LogP contribution in [0, 0.1) is 0 Å². The number of carbonyl (C=O) groups excluding carboxylic acids is 1. The molecule has 0 aliphatic heterocycles. The highest BCUT2D eigenvalue weighted by atomic mass is 16.6. The summed E-state index contributed by atoms with van der Waals surface area (Å²) >= 11 is 0. The summed E-state index contributed by atoms with van der Waals surface area (Å²) in [6.07, 6.45) is 0. The first-order chi connectivity index (χ1) is 14.0. The molecule has 0 saturated carbocycles. The third-order valence-corrected chi connectivity index (χ3v) is 4.68. The van der Waals surface area contributed by atoms with E-state index in [1.165, 1.54) is 5.56 Å². The zero-order valence-corrected chi connectivity index (χ0v) is 16.5. The van der Waals surface area contributed by atoms with Gasteiger partial charge in [0.15, 0.2) is 6.61 Å². The highest BCUT2D eigenvalue weighted by Crippen LogP contribution is 2.21. The van der Waals surface area contributed by atoms with Gasteiger partial charge >= 0.3 is 5.97 Å². The van der Waals surface area contributed by atoms with Crippen LogP contribution in [-0.2, 0) is 17.9 Å². The fourth-order valence-corrected chi connectivity index (χ4v) is 2.99. The van der Waals surface area contributed by atoms with Gasteiger partial charge in [0.1, 0.15) is 5.52 Å². The molecule has 0 spiro atoms. The molecule has 2 aromatic carbocycles. The number of aromatic nitrogens is 5. The minimum absolute atomic E-state index is 0.102. The summed E-state index contributed by atoms with van der Waals surface area (Å²) in [5.74, 6) is 0.664. The molecule has 8 nitrogen and oxygen atoms in total. The summed E-state index contributed by atoms with van der Waals surface area (Å²) in [5, 5.41) is 12.1. The molecule has 148 valence electrons. The number of hydrogen-bond acceptors (Lipinski definition) is 7. The zero-order valence-electron chi connectivity index (χ0n) is 16.5. The van der Waals surface area contributed by atoms with Crippen LogP contribution >= 0.6 is 0 Å². The molecule has 0 saturated heterocycles. The zero-order chi connectivity index (χ0) is 20.4. The van der Waals surface area contributed by atoms with Crippen molar-refractivity contribution in [2.75, 3.05) is 0 Å². The molecule has 2 aromatic heterocycles. The molecule has 0 aliphatic carbocycles. The smallest absolute Gasteiger partial charge is 0.338 e. The van der Waals surface area contributed by atoms with Crippen LogP contribution in [0.3, 0.4) is 0 Å². The van der Waals surface area contributed by atoms with Crippen LogP contribution in [0.5, 0.6) is 0 Å². The fraction of sp³-hybridized carbons (Fsp3) is 0.286. The Balaban J connectivity index is 1.42. The van der Waals surface area contributed by atoms with Crippen LogP contribution in [0.15, 0.2) is 47.0 Å². The Labute approximate surface area is 167 Å². The van der Waals surface area contributed by atoms with Gasteiger partial charge in [-0.05, 0) is 36.6 Å². The summed E-state index contributed by atoms with van der Waals surface area (Å²) in [6.45, 7) is 6.86. The molecule has 0 unspecified atom stereocenters. The summed E-state index contributed by atoms with van der Waals surface area (Å²) < 4.78 is 12.3. The van der Waals surface area contributed by atoms with Gasteiger partial charge in [0.25, 0.3) is 5.89 Å². The van der Waals surface area contributed by atoms with E-state index < -0.39 is 5.97 Å². The van der Waals surface area contributed by atoms with E-state index in [9.17, 15) is 4.79 Å².